The Kier molecular flexibility index (Phi) is 6.20. The highest BCUT2D eigenvalue weighted by molar-refractivity contribution is 9.10. The van der Waals surface area contributed by atoms with Crippen molar-refractivity contribution < 1.29 is 9.31 Å². The van der Waals surface area contributed by atoms with Crippen LogP contribution in [-0.2, 0) is 9.31 Å². The second kappa shape index (κ2) is 8.56. The van der Waals surface area contributed by atoms with Crippen LogP contribution in [0.25, 0.3) is 0 Å². The number of rotatable bonds is 3. The molecule has 0 amide bonds. The molecule has 0 aromatic heterocycles. The fraction of sp³-hybridized carbons (Fsp3) is 0.500. The van der Waals surface area contributed by atoms with E-state index in [4.69, 9.17) is 9.31 Å². The SMILES string of the molecule is Brc1cccc(N2CCC2)c1.CC1(C)OB(c2cccc(N3CCC3)c2)OC1(C)C. The largest absolute Gasteiger partial charge is 0.494 e. The van der Waals surface area contributed by atoms with Crippen LogP contribution in [0.5, 0.6) is 0 Å². The Hall–Kier alpha value is -1.50. The van der Waals surface area contributed by atoms with Gasteiger partial charge in [0, 0.05) is 42.0 Å². The molecule has 3 saturated heterocycles. The van der Waals surface area contributed by atoms with Crippen molar-refractivity contribution in [1.29, 1.82) is 0 Å². The van der Waals surface area contributed by atoms with E-state index in [9.17, 15) is 0 Å². The zero-order chi connectivity index (χ0) is 21.4. The standard InChI is InChI=1S/C15H22BNO2.C9H10BrN/c1-14(2)15(3,4)19-16(18-14)12-7-5-8-13(11-12)17-9-6-10-17;10-8-3-1-4-9(7-8)11-5-2-6-11/h5,7-8,11H,6,9-10H2,1-4H3;1,3-4,7H,2,5-6H2. The van der Waals surface area contributed by atoms with E-state index in [0.29, 0.717) is 0 Å². The summed E-state index contributed by atoms with van der Waals surface area (Å²) >= 11 is 3.46. The summed E-state index contributed by atoms with van der Waals surface area (Å²) in [5.74, 6) is 0. The van der Waals surface area contributed by atoms with Crippen LogP contribution < -0.4 is 15.3 Å². The summed E-state index contributed by atoms with van der Waals surface area (Å²) in [5.41, 5.74) is 3.18. The van der Waals surface area contributed by atoms with Crippen LogP contribution in [0, 0.1) is 0 Å². The Morgan fingerprint density at radius 1 is 0.767 bits per heavy atom. The third-order valence-electron chi connectivity index (χ3n) is 6.65. The first kappa shape index (κ1) is 21.7. The second-order valence-electron chi connectivity index (χ2n) is 9.34. The molecular formula is C24H32BBrN2O2. The van der Waals surface area contributed by atoms with Gasteiger partial charge in [0.1, 0.15) is 0 Å². The van der Waals surface area contributed by atoms with Gasteiger partial charge in [0.15, 0.2) is 0 Å². The highest BCUT2D eigenvalue weighted by atomic mass is 79.9. The molecular weight excluding hydrogens is 439 g/mol. The van der Waals surface area contributed by atoms with Gasteiger partial charge in [-0.15, -0.1) is 0 Å². The summed E-state index contributed by atoms with van der Waals surface area (Å²) in [6.45, 7) is 13.1. The lowest BCUT2D eigenvalue weighted by Gasteiger charge is -2.33. The third-order valence-corrected chi connectivity index (χ3v) is 7.14. The summed E-state index contributed by atoms with van der Waals surface area (Å²) in [7, 11) is -0.258. The number of benzene rings is 2. The molecule has 6 heteroatoms. The monoisotopic (exact) mass is 470 g/mol. The summed E-state index contributed by atoms with van der Waals surface area (Å²) in [4.78, 5) is 4.76. The summed E-state index contributed by atoms with van der Waals surface area (Å²) in [6, 6.07) is 17.0. The van der Waals surface area contributed by atoms with Crippen LogP contribution in [-0.4, -0.2) is 44.5 Å². The normalized spacial score (nSPS) is 21.4. The second-order valence-corrected chi connectivity index (χ2v) is 10.3. The molecule has 3 aliphatic rings. The van der Waals surface area contributed by atoms with Crippen LogP contribution in [0.3, 0.4) is 0 Å². The molecule has 0 spiro atoms. The van der Waals surface area contributed by atoms with Gasteiger partial charge in [-0.25, -0.2) is 0 Å². The van der Waals surface area contributed by atoms with Gasteiger partial charge in [-0.05, 0) is 76.3 Å². The molecule has 0 radical (unpaired) electrons. The van der Waals surface area contributed by atoms with Gasteiger partial charge in [0.25, 0.3) is 0 Å². The minimum absolute atomic E-state index is 0.258. The molecule has 0 N–H and O–H groups in total. The van der Waals surface area contributed by atoms with Crippen LogP contribution in [0.1, 0.15) is 40.5 Å². The molecule has 30 heavy (non-hydrogen) atoms. The molecule has 5 rings (SSSR count). The quantitative estimate of drug-likeness (QED) is 0.598. The zero-order valence-corrected chi connectivity index (χ0v) is 20.1. The molecule has 0 saturated carbocycles. The first-order valence-electron chi connectivity index (χ1n) is 11.0. The maximum Gasteiger partial charge on any atom is 0.494 e. The van der Waals surface area contributed by atoms with E-state index in [1.807, 2.05) is 0 Å². The lowest BCUT2D eigenvalue weighted by atomic mass is 9.79. The first-order chi connectivity index (χ1) is 14.2. The van der Waals surface area contributed by atoms with Crippen LogP contribution in [0.2, 0.25) is 0 Å². The molecule has 0 unspecified atom stereocenters. The smallest absolute Gasteiger partial charge is 0.399 e. The third kappa shape index (κ3) is 4.56. The number of halogens is 1. The molecule has 2 aromatic rings. The lowest BCUT2D eigenvalue weighted by molar-refractivity contribution is 0.00578. The van der Waals surface area contributed by atoms with E-state index in [2.05, 4.69) is 102 Å². The average molecular weight is 471 g/mol. The van der Waals surface area contributed by atoms with E-state index >= 15 is 0 Å². The van der Waals surface area contributed by atoms with Crippen molar-refractivity contribution in [2.24, 2.45) is 0 Å². The predicted octanol–water partition coefficient (Wildman–Crippen LogP) is 4.86. The number of nitrogens with zero attached hydrogens (tertiary/aromatic N) is 2. The van der Waals surface area contributed by atoms with Gasteiger partial charge in [-0.2, -0.15) is 0 Å². The Morgan fingerprint density at radius 2 is 1.27 bits per heavy atom. The molecule has 3 aliphatic heterocycles. The molecule has 0 atom stereocenters. The highest BCUT2D eigenvalue weighted by Gasteiger charge is 2.51. The molecule has 4 nitrogen and oxygen atoms in total. The number of hydrogen-bond donors (Lipinski definition) is 0. The van der Waals surface area contributed by atoms with Crippen LogP contribution in [0.15, 0.2) is 53.0 Å². The topological polar surface area (TPSA) is 24.9 Å². The van der Waals surface area contributed by atoms with Gasteiger partial charge in [0.05, 0.1) is 11.2 Å². The van der Waals surface area contributed by atoms with E-state index in [1.54, 1.807) is 0 Å². The zero-order valence-electron chi connectivity index (χ0n) is 18.5. The van der Waals surface area contributed by atoms with Crippen molar-refractivity contribution in [3.05, 3.63) is 53.0 Å². The predicted molar refractivity (Wildman–Crippen MR) is 130 cm³/mol. The van der Waals surface area contributed by atoms with Crippen LogP contribution in [0.4, 0.5) is 11.4 Å². The van der Waals surface area contributed by atoms with Crippen molar-refractivity contribution in [2.45, 2.75) is 51.7 Å². The lowest BCUT2D eigenvalue weighted by Crippen LogP contribution is -2.41. The number of hydrogen-bond acceptors (Lipinski definition) is 4. The van der Waals surface area contributed by atoms with E-state index < -0.39 is 0 Å². The van der Waals surface area contributed by atoms with E-state index in [-0.39, 0.29) is 18.3 Å². The molecule has 0 bridgehead atoms. The first-order valence-corrected chi connectivity index (χ1v) is 11.8. The van der Waals surface area contributed by atoms with Crippen molar-refractivity contribution in [1.82, 2.24) is 0 Å². The molecule has 0 aliphatic carbocycles. The highest BCUT2D eigenvalue weighted by Crippen LogP contribution is 2.36. The summed E-state index contributed by atoms with van der Waals surface area (Å²) in [5, 5.41) is 0. The van der Waals surface area contributed by atoms with Crippen LogP contribution >= 0.6 is 15.9 Å². The van der Waals surface area contributed by atoms with Crippen molar-refractivity contribution in [3.8, 4) is 0 Å². The number of anilines is 2. The van der Waals surface area contributed by atoms with Gasteiger partial charge in [-0.3, -0.25) is 0 Å². The van der Waals surface area contributed by atoms with E-state index in [1.165, 1.54) is 41.8 Å². The molecule has 3 heterocycles. The average Bonchev–Trinajstić information content (AvgIpc) is 2.81. The maximum atomic E-state index is 6.10. The fourth-order valence-electron chi connectivity index (χ4n) is 3.67. The van der Waals surface area contributed by atoms with Gasteiger partial charge in [0.2, 0.25) is 0 Å². The summed E-state index contributed by atoms with van der Waals surface area (Å²) < 4.78 is 13.4. The molecule has 160 valence electrons. The fourth-order valence-corrected chi connectivity index (χ4v) is 4.06. The molecule has 3 fully saturated rings. The Morgan fingerprint density at radius 3 is 1.73 bits per heavy atom. The molecule has 2 aromatic carbocycles. The Labute approximate surface area is 189 Å². The maximum absolute atomic E-state index is 6.10. The van der Waals surface area contributed by atoms with Crippen molar-refractivity contribution in [3.63, 3.8) is 0 Å². The Bertz CT molecular complexity index is 865. The minimum Gasteiger partial charge on any atom is -0.399 e. The van der Waals surface area contributed by atoms with E-state index in [0.717, 1.165) is 18.6 Å². The summed E-state index contributed by atoms with van der Waals surface area (Å²) in [6.07, 6.45) is 2.63. The van der Waals surface area contributed by atoms with Crippen molar-refractivity contribution >= 4 is 39.9 Å². The van der Waals surface area contributed by atoms with Gasteiger partial charge in [-0.1, -0.05) is 34.1 Å². The minimum atomic E-state index is -0.273. The van der Waals surface area contributed by atoms with Gasteiger partial charge >= 0.3 is 7.12 Å². The van der Waals surface area contributed by atoms with Gasteiger partial charge < -0.3 is 19.1 Å². The van der Waals surface area contributed by atoms with Crippen molar-refractivity contribution in [2.75, 3.05) is 36.0 Å². The Balaban J connectivity index is 0.000000168.